The number of hydrogen-bond donors (Lipinski definition) is 2. The van der Waals surface area contributed by atoms with Gasteiger partial charge in [0.2, 0.25) is 10.0 Å². The highest BCUT2D eigenvalue weighted by Gasteiger charge is 2.27. The number of piperidine rings is 1. The number of likely N-dealkylation sites (tertiary alicyclic amines) is 1. The van der Waals surface area contributed by atoms with E-state index in [0.717, 1.165) is 31.2 Å². The first-order chi connectivity index (χ1) is 13.2. The number of sulfonamides is 1. The van der Waals surface area contributed by atoms with Gasteiger partial charge >= 0.3 is 0 Å². The van der Waals surface area contributed by atoms with Crippen LogP contribution in [0.25, 0.3) is 0 Å². The van der Waals surface area contributed by atoms with E-state index in [-0.39, 0.29) is 29.5 Å². The van der Waals surface area contributed by atoms with E-state index >= 15 is 0 Å². The van der Waals surface area contributed by atoms with Gasteiger partial charge < -0.3 is 10.6 Å². The molecule has 7 nitrogen and oxygen atoms in total. The lowest BCUT2D eigenvalue weighted by Crippen LogP contribution is -2.54. The molecule has 0 amide bonds. The van der Waals surface area contributed by atoms with Gasteiger partial charge in [-0.3, -0.25) is 9.89 Å². The summed E-state index contributed by atoms with van der Waals surface area (Å²) in [7, 11) is 1.43. The van der Waals surface area contributed by atoms with Crippen LogP contribution in [0.5, 0.6) is 0 Å². The predicted octanol–water partition coefficient (Wildman–Crippen LogP) is 2.48. The maximum absolute atomic E-state index is 12.1. The molecule has 0 saturated carbocycles. The van der Waals surface area contributed by atoms with Crippen molar-refractivity contribution in [2.24, 2.45) is 4.99 Å². The maximum Gasteiger partial charge on any atom is 0.242 e. The molecule has 1 aromatic carbocycles. The lowest BCUT2D eigenvalue weighted by molar-refractivity contribution is 0.0982. The molecular formula is C20H36IN5O2S. The van der Waals surface area contributed by atoms with Crippen molar-refractivity contribution in [3.05, 3.63) is 29.8 Å². The molecule has 0 atom stereocenters. The van der Waals surface area contributed by atoms with E-state index in [1.165, 1.54) is 37.7 Å². The summed E-state index contributed by atoms with van der Waals surface area (Å²) in [6.07, 6.45) is 3.88. The Morgan fingerprint density at radius 1 is 1.10 bits per heavy atom. The molecule has 0 spiro atoms. The number of aliphatic imine (C=N–C) groups is 1. The lowest BCUT2D eigenvalue weighted by atomic mass is 9.98. The molecule has 29 heavy (non-hydrogen) atoms. The zero-order chi connectivity index (χ0) is 20.8. The lowest BCUT2D eigenvalue weighted by Gasteiger charge is -2.41. The Morgan fingerprint density at radius 3 is 2.21 bits per heavy atom. The van der Waals surface area contributed by atoms with Crippen molar-refractivity contribution < 1.29 is 8.42 Å². The summed E-state index contributed by atoms with van der Waals surface area (Å²) in [5.74, 6) is 0.745. The fraction of sp³-hybridized carbons (Fsp3) is 0.650. The van der Waals surface area contributed by atoms with Gasteiger partial charge in [0.05, 0.1) is 4.90 Å². The molecule has 1 aliphatic heterocycles. The Balaban J connectivity index is 0.00000420. The molecule has 1 fully saturated rings. The molecule has 0 aromatic heterocycles. The molecular weight excluding hydrogens is 501 g/mol. The Kier molecular flexibility index (Phi) is 10.3. The fourth-order valence-electron chi connectivity index (χ4n) is 3.31. The number of halogens is 1. The van der Waals surface area contributed by atoms with Gasteiger partial charge in [-0.15, -0.1) is 24.0 Å². The van der Waals surface area contributed by atoms with Crippen molar-refractivity contribution in [1.82, 2.24) is 19.8 Å². The quantitative estimate of drug-likeness (QED) is 0.318. The molecule has 0 radical (unpaired) electrons. The molecule has 1 aromatic rings. The first-order valence-electron chi connectivity index (χ1n) is 9.88. The standard InChI is InChI=1S/C20H35N5O2S.HI/c1-20(2,25-13-7-6-8-14-25)16-23-19(21-3)22-15-17-9-11-18(12-10-17)28(26,27)24(4)5;/h9-12H,6-8,13-16H2,1-5H3,(H2,21,22,23);1H. The fourth-order valence-corrected chi connectivity index (χ4v) is 4.21. The van der Waals surface area contributed by atoms with Gasteiger partial charge in [-0.1, -0.05) is 18.6 Å². The van der Waals surface area contributed by atoms with Crippen molar-refractivity contribution in [1.29, 1.82) is 0 Å². The Labute approximate surface area is 193 Å². The molecule has 0 unspecified atom stereocenters. The highest BCUT2D eigenvalue weighted by Crippen LogP contribution is 2.19. The van der Waals surface area contributed by atoms with E-state index in [2.05, 4.69) is 34.4 Å². The first kappa shape index (κ1) is 26.1. The van der Waals surface area contributed by atoms with E-state index in [0.29, 0.717) is 11.4 Å². The molecule has 2 rings (SSSR count). The maximum atomic E-state index is 12.1. The van der Waals surface area contributed by atoms with Crippen LogP contribution in [0.15, 0.2) is 34.2 Å². The van der Waals surface area contributed by atoms with Crippen LogP contribution < -0.4 is 10.6 Å². The number of hydrogen-bond acceptors (Lipinski definition) is 4. The minimum atomic E-state index is -3.39. The van der Waals surface area contributed by atoms with E-state index < -0.39 is 10.0 Å². The van der Waals surface area contributed by atoms with Crippen molar-refractivity contribution >= 4 is 40.0 Å². The minimum Gasteiger partial charge on any atom is -0.355 e. The van der Waals surface area contributed by atoms with Crippen molar-refractivity contribution in [2.75, 3.05) is 40.8 Å². The third-order valence-corrected chi connectivity index (χ3v) is 7.12. The van der Waals surface area contributed by atoms with Crippen LogP contribution in [0, 0.1) is 0 Å². The third-order valence-electron chi connectivity index (χ3n) is 5.29. The van der Waals surface area contributed by atoms with E-state index in [1.54, 1.807) is 19.2 Å². The van der Waals surface area contributed by atoms with Gasteiger partial charge in [-0.25, -0.2) is 12.7 Å². The second-order valence-corrected chi connectivity index (χ2v) is 10.2. The zero-order valence-corrected chi connectivity index (χ0v) is 21.4. The van der Waals surface area contributed by atoms with Crippen molar-refractivity contribution in [2.45, 2.75) is 50.1 Å². The summed E-state index contributed by atoms with van der Waals surface area (Å²) in [4.78, 5) is 7.15. The van der Waals surface area contributed by atoms with Gasteiger partial charge in [0.25, 0.3) is 0 Å². The molecule has 2 N–H and O–H groups in total. The van der Waals surface area contributed by atoms with Gasteiger partial charge in [0.1, 0.15) is 0 Å². The first-order valence-corrected chi connectivity index (χ1v) is 11.3. The number of benzene rings is 1. The summed E-state index contributed by atoms with van der Waals surface area (Å²) >= 11 is 0. The highest BCUT2D eigenvalue weighted by molar-refractivity contribution is 14.0. The van der Waals surface area contributed by atoms with Crippen molar-refractivity contribution in [3.8, 4) is 0 Å². The number of nitrogens with zero attached hydrogens (tertiary/aromatic N) is 3. The average Bonchev–Trinajstić information content (AvgIpc) is 2.69. The monoisotopic (exact) mass is 537 g/mol. The summed E-state index contributed by atoms with van der Waals surface area (Å²) in [6.45, 7) is 8.23. The summed E-state index contributed by atoms with van der Waals surface area (Å²) in [5.41, 5.74) is 1.07. The van der Waals surface area contributed by atoms with E-state index in [4.69, 9.17) is 0 Å². The van der Waals surface area contributed by atoms with Crippen LogP contribution in [0.1, 0.15) is 38.7 Å². The Hall–Kier alpha value is -0.910. The molecule has 0 aliphatic carbocycles. The number of rotatable bonds is 7. The highest BCUT2D eigenvalue weighted by atomic mass is 127. The molecule has 1 saturated heterocycles. The van der Waals surface area contributed by atoms with Gasteiger partial charge in [0, 0.05) is 39.8 Å². The molecule has 9 heteroatoms. The van der Waals surface area contributed by atoms with Crippen LogP contribution in [-0.4, -0.2) is 69.9 Å². The van der Waals surface area contributed by atoms with E-state index in [9.17, 15) is 8.42 Å². The van der Waals surface area contributed by atoms with Gasteiger partial charge in [-0.05, 0) is 57.5 Å². The third kappa shape index (κ3) is 7.37. The largest absolute Gasteiger partial charge is 0.355 e. The normalized spacial score (nSPS) is 16.4. The summed E-state index contributed by atoms with van der Waals surface area (Å²) in [6, 6.07) is 6.94. The van der Waals surface area contributed by atoms with Crippen LogP contribution in [0.2, 0.25) is 0 Å². The Morgan fingerprint density at radius 2 is 1.69 bits per heavy atom. The second kappa shape index (κ2) is 11.5. The predicted molar refractivity (Wildman–Crippen MR) is 130 cm³/mol. The minimum absolute atomic E-state index is 0. The van der Waals surface area contributed by atoms with E-state index in [1.807, 2.05) is 12.1 Å². The van der Waals surface area contributed by atoms with Crippen LogP contribution in [-0.2, 0) is 16.6 Å². The average molecular weight is 538 g/mol. The zero-order valence-electron chi connectivity index (χ0n) is 18.2. The topological polar surface area (TPSA) is 77.0 Å². The van der Waals surface area contributed by atoms with Crippen LogP contribution >= 0.6 is 24.0 Å². The van der Waals surface area contributed by atoms with Gasteiger partial charge in [-0.2, -0.15) is 0 Å². The molecule has 1 heterocycles. The second-order valence-electron chi connectivity index (χ2n) is 8.07. The summed E-state index contributed by atoms with van der Waals surface area (Å²) in [5, 5.41) is 6.73. The van der Waals surface area contributed by atoms with Crippen molar-refractivity contribution in [3.63, 3.8) is 0 Å². The summed E-state index contributed by atoms with van der Waals surface area (Å²) < 4.78 is 25.5. The van der Waals surface area contributed by atoms with Crippen LogP contribution in [0.3, 0.4) is 0 Å². The Bertz CT molecular complexity index is 758. The number of nitrogens with one attached hydrogen (secondary N) is 2. The van der Waals surface area contributed by atoms with Crippen LogP contribution in [0.4, 0.5) is 0 Å². The number of guanidine groups is 1. The molecule has 0 bridgehead atoms. The molecule has 166 valence electrons. The SMILES string of the molecule is CN=C(NCc1ccc(S(=O)(=O)N(C)C)cc1)NCC(C)(C)N1CCCCC1.I. The molecule has 1 aliphatic rings. The van der Waals surface area contributed by atoms with Gasteiger partial charge in [0.15, 0.2) is 5.96 Å². The smallest absolute Gasteiger partial charge is 0.242 e.